The van der Waals surface area contributed by atoms with Crippen molar-refractivity contribution in [3.05, 3.63) is 81.3 Å². The minimum Gasteiger partial charge on any atom is -0.328 e. The van der Waals surface area contributed by atoms with Gasteiger partial charge in [-0.1, -0.05) is 59.1 Å². The first-order valence-electron chi connectivity index (χ1n) is 8.17. The summed E-state index contributed by atoms with van der Waals surface area (Å²) >= 11 is 18.5. The van der Waals surface area contributed by atoms with Gasteiger partial charge in [0.15, 0.2) is 0 Å². The van der Waals surface area contributed by atoms with E-state index in [-0.39, 0.29) is 6.04 Å². The first-order valence-corrected chi connectivity index (χ1v) is 9.30. The third-order valence-corrected chi connectivity index (χ3v) is 5.29. The molecule has 0 saturated heterocycles. The Morgan fingerprint density at radius 2 is 1.88 bits per heavy atom. The van der Waals surface area contributed by atoms with Crippen LogP contribution in [-0.2, 0) is 6.42 Å². The van der Waals surface area contributed by atoms with Crippen LogP contribution >= 0.6 is 34.8 Å². The highest BCUT2D eigenvalue weighted by atomic mass is 35.5. The highest BCUT2D eigenvalue weighted by Crippen LogP contribution is 2.35. The molecular weight excluding hydrogens is 391 g/mol. The Labute approximate surface area is 166 Å². The molecule has 0 aliphatic heterocycles. The van der Waals surface area contributed by atoms with Crippen molar-refractivity contribution < 1.29 is 0 Å². The van der Waals surface area contributed by atoms with Gasteiger partial charge in [-0.2, -0.15) is 5.10 Å². The minimum atomic E-state index is 0.0877. The maximum Gasteiger partial charge on any atom is 0.0952 e. The van der Waals surface area contributed by atoms with Gasteiger partial charge in [0.2, 0.25) is 0 Å². The summed E-state index contributed by atoms with van der Waals surface area (Å²) in [5.41, 5.74) is 6.90. The summed E-state index contributed by atoms with van der Waals surface area (Å²) in [5.74, 6) is 0. The number of hydrogen-bond acceptors (Lipinski definition) is 3. The van der Waals surface area contributed by atoms with E-state index in [2.05, 4.69) is 32.2 Å². The molecule has 0 saturated carbocycles. The third-order valence-electron chi connectivity index (χ3n) is 4.48. The van der Waals surface area contributed by atoms with Gasteiger partial charge in [-0.25, -0.2) is 4.98 Å². The number of hydrogen-bond donors (Lipinski definition) is 1. The molecule has 0 fully saturated rings. The minimum absolute atomic E-state index is 0.0877. The molecule has 0 amide bonds. The second kappa shape index (κ2) is 7.31. The van der Waals surface area contributed by atoms with Gasteiger partial charge < -0.3 is 4.57 Å². The topological polar surface area (TPSA) is 42.2 Å². The Hall–Kier alpha value is -2.01. The highest BCUT2D eigenvalue weighted by Gasteiger charge is 2.26. The molecule has 1 aliphatic carbocycles. The number of nitrogens with one attached hydrogen (secondary N) is 1. The first kappa shape index (κ1) is 17.4. The molecule has 1 unspecified atom stereocenters. The van der Waals surface area contributed by atoms with Crippen molar-refractivity contribution in [2.45, 2.75) is 18.9 Å². The molecule has 4 rings (SSSR count). The zero-order valence-electron chi connectivity index (χ0n) is 13.7. The molecular formula is C19H15Cl3N4. The molecule has 1 aliphatic rings. The normalized spacial score (nSPS) is 18.0. The summed E-state index contributed by atoms with van der Waals surface area (Å²) in [6.07, 6.45) is 7.47. The smallest absolute Gasteiger partial charge is 0.0952 e. The second-order valence-electron chi connectivity index (χ2n) is 6.07. The molecule has 1 aromatic heterocycles. The van der Waals surface area contributed by atoms with Gasteiger partial charge >= 0.3 is 0 Å². The van der Waals surface area contributed by atoms with E-state index >= 15 is 0 Å². The van der Waals surface area contributed by atoms with Crippen molar-refractivity contribution in [3.63, 3.8) is 0 Å². The molecule has 1 N–H and O–H groups in total. The molecule has 0 spiro atoms. The zero-order valence-corrected chi connectivity index (χ0v) is 15.9. The Morgan fingerprint density at radius 1 is 1.12 bits per heavy atom. The average molecular weight is 406 g/mol. The maximum atomic E-state index is 6.27. The average Bonchev–Trinajstić information content (AvgIpc) is 3.15. The fourth-order valence-corrected chi connectivity index (χ4v) is 4.14. The van der Waals surface area contributed by atoms with Crippen LogP contribution in [0.4, 0.5) is 5.69 Å². The predicted molar refractivity (Wildman–Crippen MR) is 108 cm³/mol. The number of rotatable bonds is 3. The lowest BCUT2D eigenvalue weighted by Gasteiger charge is -2.27. The molecule has 132 valence electrons. The Bertz CT molecular complexity index is 944. The second-order valence-corrected chi connectivity index (χ2v) is 7.33. The molecule has 0 bridgehead atoms. The number of anilines is 1. The van der Waals surface area contributed by atoms with Crippen molar-refractivity contribution >= 4 is 46.2 Å². The van der Waals surface area contributed by atoms with Crippen molar-refractivity contribution in [3.8, 4) is 0 Å². The molecule has 4 nitrogen and oxygen atoms in total. The predicted octanol–water partition coefficient (Wildman–Crippen LogP) is 5.85. The lowest BCUT2D eigenvalue weighted by Crippen LogP contribution is -2.26. The first-order chi connectivity index (χ1) is 12.6. The number of hydrazone groups is 1. The third kappa shape index (κ3) is 3.32. The van der Waals surface area contributed by atoms with E-state index in [1.165, 1.54) is 5.56 Å². The molecule has 3 aromatic rings. The standard InChI is InChI=1S/C19H15Cl3N4/c20-13-9-15(21)19(16(22)10-13)25-24-18-14-4-2-1-3-12(14)5-6-17(18)26-8-7-23-11-26/h1-4,7-11,17,25H,5-6H2. The summed E-state index contributed by atoms with van der Waals surface area (Å²) in [4.78, 5) is 4.17. The number of fused-ring (bicyclic) bond motifs is 1. The fraction of sp³-hybridized carbons (Fsp3) is 0.158. The van der Waals surface area contributed by atoms with Crippen LogP contribution in [0.25, 0.3) is 0 Å². The van der Waals surface area contributed by atoms with E-state index in [4.69, 9.17) is 34.8 Å². The number of imidazole rings is 1. The van der Waals surface area contributed by atoms with Gasteiger partial charge in [-0.3, -0.25) is 5.43 Å². The lowest BCUT2D eigenvalue weighted by molar-refractivity contribution is 0.573. The summed E-state index contributed by atoms with van der Waals surface area (Å²) in [5, 5.41) is 6.03. The number of aryl methyl sites for hydroxylation is 1. The van der Waals surface area contributed by atoms with Crippen molar-refractivity contribution in [1.29, 1.82) is 0 Å². The van der Waals surface area contributed by atoms with E-state index in [0.717, 1.165) is 24.1 Å². The van der Waals surface area contributed by atoms with E-state index in [0.29, 0.717) is 20.8 Å². The van der Waals surface area contributed by atoms with Gasteiger partial charge in [-0.15, -0.1) is 0 Å². The van der Waals surface area contributed by atoms with E-state index in [1.807, 2.05) is 24.7 Å². The summed E-state index contributed by atoms with van der Waals surface area (Å²) in [6.45, 7) is 0. The molecule has 1 heterocycles. The van der Waals surface area contributed by atoms with Crippen LogP contribution in [0.2, 0.25) is 15.1 Å². The van der Waals surface area contributed by atoms with Gasteiger partial charge in [-0.05, 0) is 30.5 Å². The summed E-state index contributed by atoms with van der Waals surface area (Å²) < 4.78 is 2.07. The summed E-state index contributed by atoms with van der Waals surface area (Å²) in [6, 6.07) is 11.7. The maximum absolute atomic E-state index is 6.27. The van der Waals surface area contributed by atoms with Gasteiger partial charge in [0.25, 0.3) is 0 Å². The number of halogens is 3. The Morgan fingerprint density at radius 3 is 2.62 bits per heavy atom. The van der Waals surface area contributed by atoms with Crippen LogP contribution in [0.3, 0.4) is 0 Å². The van der Waals surface area contributed by atoms with Crippen molar-refractivity contribution in [2.24, 2.45) is 5.10 Å². The monoisotopic (exact) mass is 404 g/mol. The number of nitrogens with zero attached hydrogens (tertiary/aromatic N) is 3. The molecule has 0 radical (unpaired) electrons. The summed E-state index contributed by atoms with van der Waals surface area (Å²) in [7, 11) is 0. The van der Waals surface area contributed by atoms with Gasteiger partial charge in [0, 0.05) is 23.0 Å². The Kier molecular flexibility index (Phi) is 4.90. The Balaban J connectivity index is 1.76. The van der Waals surface area contributed by atoms with Crippen LogP contribution in [0, 0.1) is 0 Å². The number of benzene rings is 2. The van der Waals surface area contributed by atoms with Crippen molar-refractivity contribution in [2.75, 3.05) is 5.43 Å². The van der Waals surface area contributed by atoms with Crippen LogP contribution < -0.4 is 5.43 Å². The molecule has 2 aromatic carbocycles. The highest BCUT2D eigenvalue weighted by molar-refractivity contribution is 6.41. The number of aromatic nitrogens is 2. The van der Waals surface area contributed by atoms with E-state index in [9.17, 15) is 0 Å². The quantitative estimate of drug-likeness (QED) is 0.556. The van der Waals surface area contributed by atoms with Crippen LogP contribution in [0.1, 0.15) is 23.6 Å². The SMILES string of the molecule is Clc1cc(Cl)c(NN=C2c3ccccc3CCC2n2ccnc2)c(Cl)c1. The zero-order chi connectivity index (χ0) is 18.1. The lowest BCUT2D eigenvalue weighted by atomic mass is 9.86. The van der Waals surface area contributed by atoms with Gasteiger partial charge in [0.1, 0.15) is 0 Å². The fourth-order valence-electron chi connectivity index (χ4n) is 3.24. The van der Waals surface area contributed by atoms with Crippen LogP contribution in [0.15, 0.2) is 60.2 Å². The molecule has 26 heavy (non-hydrogen) atoms. The van der Waals surface area contributed by atoms with Crippen LogP contribution in [0.5, 0.6) is 0 Å². The van der Waals surface area contributed by atoms with Gasteiger partial charge in [0.05, 0.1) is 33.8 Å². The van der Waals surface area contributed by atoms with Crippen molar-refractivity contribution in [1.82, 2.24) is 9.55 Å². The molecule has 1 atom stereocenters. The van der Waals surface area contributed by atoms with E-state index < -0.39 is 0 Å². The van der Waals surface area contributed by atoms with E-state index in [1.54, 1.807) is 18.3 Å². The largest absolute Gasteiger partial charge is 0.328 e. The van der Waals surface area contributed by atoms with Crippen LogP contribution in [-0.4, -0.2) is 15.3 Å². The molecule has 7 heteroatoms.